The molecule has 1 amide bonds. The second-order valence-corrected chi connectivity index (χ2v) is 4.85. The first-order chi connectivity index (χ1) is 8.92. The molecule has 0 heterocycles. The number of aliphatic hydroxyl groups excluding tert-OH is 1. The highest BCUT2D eigenvalue weighted by Crippen LogP contribution is 2.27. The first-order valence-electron chi connectivity index (χ1n) is 6.40. The maximum absolute atomic E-state index is 11.3. The van der Waals surface area contributed by atoms with Crippen molar-refractivity contribution in [2.24, 2.45) is 0 Å². The summed E-state index contributed by atoms with van der Waals surface area (Å²) in [4.78, 5) is 12.9. The standard InChI is InChI=1S/C15H23NO3/c1-10-8-14(19-5)12(3)11(2)13(10)6-7-16(4)15(18)9-17/h8,17H,6-7,9H2,1-5H3. The molecule has 1 rings (SSSR count). The Balaban J connectivity index is 2.90. The van der Waals surface area contributed by atoms with Crippen molar-refractivity contribution in [3.05, 3.63) is 28.3 Å². The summed E-state index contributed by atoms with van der Waals surface area (Å²) in [5, 5.41) is 8.82. The fraction of sp³-hybridized carbons (Fsp3) is 0.533. The monoisotopic (exact) mass is 265 g/mol. The Morgan fingerprint density at radius 1 is 1.32 bits per heavy atom. The number of hydrogen-bond donors (Lipinski definition) is 1. The van der Waals surface area contributed by atoms with Crippen molar-refractivity contribution in [3.8, 4) is 5.75 Å². The number of carbonyl (C=O) groups excluding carboxylic acids is 1. The van der Waals surface area contributed by atoms with E-state index in [0.717, 1.165) is 17.7 Å². The molecule has 1 aromatic rings. The smallest absolute Gasteiger partial charge is 0.248 e. The Morgan fingerprint density at radius 2 is 1.95 bits per heavy atom. The van der Waals surface area contributed by atoms with Crippen LogP contribution in [0, 0.1) is 20.8 Å². The summed E-state index contributed by atoms with van der Waals surface area (Å²) in [6.07, 6.45) is 0.782. The van der Waals surface area contributed by atoms with Crippen LogP contribution in [0.4, 0.5) is 0 Å². The molecule has 4 nitrogen and oxygen atoms in total. The summed E-state index contributed by atoms with van der Waals surface area (Å²) >= 11 is 0. The van der Waals surface area contributed by atoms with Gasteiger partial charge in [0.15, 0.2) is 0 Å². The summed E-state index contributed by atoms with van der Waals surface area (Å²) in [6.45, 7) is 6.34. The van der Waals surface area contributed by atoms with Gasteiger partial charge in [-0.2, -0.15) is 0 Å². The van der Waals surface area contributed by atoms with Crippen LogP contribution in [0.1, 0.15) is 22.3 Å². The van der Waals surface area contributed by atoms with Crippen molar-refractivity contribution >= 4 is 5.91 Å². The maximum Gasteiger partial charge on any atom is 0.248 e. The number of methoxy groups -OCH3 is 1. The molecule has 106 valence electrons. The molecule has 0 fully saturated rings. The predicted octanol–water partition coefficient (Wildman–Crippen LogP) is 1.61. The minimum atomic E-state index is -0.434. The highest BCUT2D eigenvalue weighted by Gasteiger charge is 2.13. The SMILES string of the molecule is COc1cc(C)c(CCN(C)C(=O)CO)c(C)c1C. The predicted molar refractivity (Wildman–Crippen MR) is 75.6 cm³/mol. The molecule has 0 aliphatic carbocycles. The third kappa shape index (κ3) is 3.47. The molecule has 0 unspecified atom stereocenters. The molecule has 0 aromatic heterocycles. The van der Waals surface area contributed by atoms with Gasteiger partial charge in [0, 0.05) is 13.6 Å². The fourth-order valence-electron chi connectivity index (χ4n) is 2.22. The Labute approximate surface area is 115 Å². The zero-order chi connectivity index (χ0) is 14.6. The van der Waals surface area contributed by atoms with Crippen molar-refractivity contribution in [2.75, 3.05) is 27.3 Å². The van der Waals surface area contributed by atoms with Gasteiger partial charge in [0.2, 0.25) is 5.91 Å². The first kappa shape index (κ1) is 15.5. The largest absolute Gasteiger partial charge is 0.496 e. The number of carbonyl (C=O) groups is 1. The van der Waals surface area contributed by atoms with E-state index in [-0.39, 0.29) is 5.91 Å². The van der Waals surface area contributed by atoms with E-state index >= 15 is 0 Å². The number of likely N-dealkylation sites (N-methyl/N-ethyl adjacent to an activating group) is 1. The molecule has 0 aliphatic rings. The van der Waals surface area contributed by atoms with Gasteiger partial charge in [-0.05, 0) is 55.5 Å². The number of amides is 1. The van der Waals surface area contributed by atoms with Crippen LogP contribution in [-0.4, -0.2) is 43.2 Å². The zero-order valence-electron chi connectivity index (χ0n) is 12.4. The molecule has 0 bridgehead atoms. The molecule has 1 aromatic carbocycles. The molecule has 0 saturated carbocycles. The van der Waals surface area contributed by atoms with E-state index in [2.05, 4.69) is 13.8 Å². The van der Waals surface area contributed by atoms with Gasteiger partial charge < -0.3 is 14.7 Å². The number of aliphatic hydroxyl groups is 1. The minimum Gasteiger partial charge on any atom is -0.496 e. The van der Waals surface area contributed by atoms with Crippen LogP contribution < -0.4 is 4.74 Å². The molecular formula is C15H23NO3. The Bertz CT molecular complexity index is 469. The molecule has 0 radical (unpaired) electrons. The molecule has 1 N–H and O–H groups in total. The van der Waals surface area contributed by atoms with Crippen molar-refractivity contribution in [3.63, 3.8) is 0 Å². The Morgan fingerprint density at radius 3 is 2.47 bits per heavy atom. The highest BCUT2D eigenvalue weighted by atomic mass is 16.5. The Hall–Kier alpha value is -1.55. The van der Waals surface area contributed by atoms with Crippen molar-refractivity contribution < 1.29 is 14.6 Å². The fourth-order valence-corrected chi connectivity index (χ4v) is 2.22. The van der Waals surface area contributed by atoms with Crippen molar-refractivity contribution in [1.82, 2.24) is 4.90 Å². The van der Waals surface area contributed by atoms with Crippen LogP contribution in [0.2, 0.25) is 0 Å². The van der Waals surface area contributed by atoms with Crippen LogP contribution >= 0.6 is 0 Å². The quantitative estimate of drug-likeness (QED) is 0.880. The summed E-state index contributed by atoms with van der Waals surface area (Å²) in [5.74, 6) is 0.652. The second-order valence-electron chi connectivity index (χ2n) is 4.85. The summed E-state index contributed by atoms with van der Waals surface area (Å²) in [7, 11) is 3.38. The Kier molecular flexibility index (Phi) is 5.36. The molecular weight excluding hydrogens is 242 g/mol. The van der Waals surface area contributed by atoms with Crippen molar-refractivity contribution in [1.29, 1.82) is 0 Å². The third-order valence-corrected chi connectivity index (χ3v) is 3.69. The minimum absolute atomic E-state index is 0.250. The average Bonchev–Trinajstić information content (AvgIpc) is 2.41. The maximum atomic E-state index is 11.3. The number of aryl methyl sites for hydroxylation is 1. The average molecular weight is 265 g/mol. The number of nitrogens with zero attached hydrogens (tertiary/aromatic N) is 1. The second kappa shape index (κ2) is 6.57. The number of hydrogen-bond acceptors (Lipinski definition) is 3. The number of rotatable bonds is 5. The number of benzene rings is 1. The van der Waals surface area contributed by atoms with Crippen LogP contribution in [0.15, 0.2) is 6.07 Å². The summed E-state index contributed by atoms with van der Waals surface area (Å²) in [5.41, 5.74) is 4.77. The van der Waals surface area contributed by atoms with Gasteiger partial charge in [-0.3, -0.25) is 4.79 Å². The van der Waals surface area contributed by atoms with Gasteiger partial charge in [0.05, 0.1) is 7.11 Å². The van der Waals surface area contributed by atoms with E-state index < -0.39 is 6.61 Å². The molecule has 19 heavy (non-hydrogen) atoms. The first-order valence-corrected chi connectivity index (χ1v) is 6.40. The van der Waals surface area contributed by atoms with Crippen LogP contribution in [0.5, 0.6) is 5.75 Å². The van der Waals surface area contributed by atoms with Crippen LogP contribution in [-0.2, 0) is 11.2 Å². The van der Waals surface area contributed by atoms with Crippen LogP contribution in [0.25, 0.3) is 0 Å². The summed E-state index contributed by atoms with van der Waals surface area (Å²) < 4.78 is 5.35. The van der Waals surface area contributed by atoms with E-state index in [1.807, 2.05) is 13.0 Å². The molecule has 0 atom stereocenters. The summed E-state index contributed by atoms with van der Waals surface area (Å²) in [6, 6.07) is 2.03. The van der Waals surface area contributed by atoms with E-state index in [0.29, 0.717) is 6.54 Å². The molecule has 4 heteroatoms. The van der Waals surface area contributed by atoms with Gasteiger partial charge in [-0.1, -0.05) is 0 Å². The molecule has 0 aliphatic heterocycles. The molecule has 0 saturated heterocycles. The van der Waals surface area contributed by atoms with E-state index in [1.165, 1.54) is 16.7 Å². The van der Waals surface area contributed by atoms with Gasteiger partial charge in [0.25, 0.3) is 0 Å². The van der Waals surface area contributed by atoms with Gasteiger partial charge in [-0.25, -0.2) is 0 Å². The third-order valence-electron chi connectivity index (χ3n) is 3.69. The van der Waals surface area contributed by atoms with E-state index in [9.17, 15) is 4.79 Å². The van der Waals surface area contributed by atoms with Gasteiger partial charge in [0.1, 0.15) is 12.4 Å². The van der Waals surface area contributed by atoms with Gasteiger partial charge >= 0.3 is 0 Å². The lowest BCUT2D eigenvalue weighted by atomic mass is 9.95. The normalized spacial score (nSPS) is 10.4. The number of ether oxygens (including phenoxy) is 1. The lowest BCUT2D eigenvalue weighted by Crippen LogP contribution is -2.31. The lowest BCUT2D eigenvalue weighted by molar-refractivity contribution is -0.132. The van der Waals surface area contributed by atoms with Crippen LogP contribution in [0.3, 0.4) is 0 Å². The topological polar surface area (TPSA) is 49.8 Å². The van der Waals surface area contributed by atoms with E-state index in [1.54, 1.807) is 19.1 Å². The van der Waals surface area contributed by atoms with E-state index in [4.69, 9.17) is 9.84 Å². The van der Waals surface area contributed by atoms with Crippen molar-refractivity contribution in [2.45, 2.75) is 27.2 Å². The zero-order valence-corrected chi connectivity index (χ0v) is 12.4. The molecule has 0 spiro atoms. The highest BCUT2D eigenvalue weighted by molar-refractivity contribution is 5.76. The van der Waals surface area contributed by atoms with Gasteiger partial charge in [-0.15, -0.1) is 0 Å². The lowest BCUT2D eigenvalue weighted by Gasteiger charge is -2.19.